The molecule has 7 heteroatoms. The second-order valence-corrected chi connectivity index (χ2v) is 8.23. The highest BCUT2D eigenvalue weighted by molar-refractivity contribution is 7.18. The van der Waals surface area contributed by atoms with E-state index in [4.69, 9.17) is 0 Å². The highest BCUT2D eigenvalue weighted by Gasteiger charge is 2.29. The number of aryl methyl sites for hydroxylation is 3. The van der Waals surface area contributed by atoms with Gasteiger partial charge in [-0.3, -0.25) is 14.5 Å². The number of aromatic nitrogens is 2. The minimum atomic E-state index is -0.109. The first-order valence-corrected chi connectivity index (χ1v) is 9.66. The Bertz CT molecular complexity index is 837. The quantitative estimate of drug-likeness (QED) is 0.791. The van der Waals surface area contributed by atoms with Crippen molar-refractivity contribution in [1.82, 2.24) is 20.2 Å². The van der Waals surface area contributed by atoms with Crippen LogP contribution in [0.25, 0.3) is 10.2 Å². The average molecular weight is 362 g/mol. The summed E-state index contributed by atoms with van der Waals surface area (Å²) in [5.41, 5.74) is 0.883. The Kier molecular flexibility index (Phi) is 5.24. The fourth-order valence-electron chi connectivity index (χ4n) is 2.99. The maximum absolute atomic E-state index is 12.2. The van der Waals surface area contributed by atoms with E-state index < -0.39 is 0 Å². The van der Waals surface area contributed by atoms with Gasteiger partial charge in [-0.1, -0.05) is 0 Å². The summed E-state index contributed by atoms with van der Waals surface area (Å²) in [6.45, 7) is 6.72. The molecular weight excluding hydrogens is 336 g/mol. The summed E-state index contributed by atoms with van der Waals surface area (Å²) >= 11 is 1.53. The number of carbonyl (C=O) groups is 1. The minimum absolute atomic E-state index is 0.00247. The molecule has 0 bridgehead atoms. The van der Waals surface area contributed by atoms with Crippen LogP contribution in [0, 0.1) is 13.8 Å². The lowest BCUT2D eigenvalue weighted by atomic mass is 10.2. The number of nitrogens with one attached hydrogen (secondary N) is 2. The highest BCUT2D eigenvalue weighted by Crippen LogP contribution is 2.27. The van der Waals surface area contributed by atoms with Crippen molar-refractivity contribution < 1.29 is 4.79 Å². The third-order valence-electron chi connectivity index (χ3n) is 5.09. The van der Waals surface area contributed by atoms with Crippen molar-refractivity contribution in [1.29, 1.82) is 0 Å². The second-order valence-electron chi connectivity index (χ2n) is 7.03. The first-order valence-electron chi connectivity index (χ1n) is 8.84. The zero-order valence-corrected chi connectivity index (χ0v) is 16.1. The van der Waals surface area contributed by atoms with Gasteiger partial charge in [-0.2, -0.15) is 0 Å². The van der Waals surface area contributed by atoms with Gasteiger partial charge in [0.2, 0.25) is 5.91 Å². The molecule has 1 aliphatic rings. The molecule has 2 aromatic rings. The number of H-pyrrole nitrogens is 1. The summed E-state index contributed by atoms with van der Waals surface area (Å²) in [6, 6.07) is 1.02. The van der Waals surface area contributed by atoms with Crippen molar-refractivity contribution in [3.63, 3.8) is 0 Å². The van der Waals surface area contributed by atoms with Crippen LogP contribution in [0.2, 0.25) is 0 Å². The van der Waals surface area contributed by atoms with Crippen molar-refractivity contribution in [3.05, 3.63) is 26.6 Å². The lowest BCUT2D eigenvalue weighted by Crippen LogP contribution is -2.41. The molecule has 0 saturated heterocycles. The molecule has 6 nitrogen and oxygen atoms in total. The predicted octanol–water partition coefficient (Wildman–Crippen LogP) is 2.13. The number of hydrogen-bond donors (Lipinski definition) is 2. The summed E-state index contributed by atoms with van der Waals surface area (Å²) < 4.78 is 0. The molecular formula is C18H26N4O2S. The summed E-state index contributed by atoms with van der Waals surface area (Å²) in [7, 11) is 2.11. The van der Waals surface area contributed by atoms with Crippen LogP contribution in [0.1, 0.15) is 42.5 Å². The van der Waals surface area contributed by atoms with Crippen LogP contribution >= 0.6 is 11.3 Å². The molecule has 3 rings (SSSR count). The van der Waals surface area contributed by atoms with E-state index in [0.717, 1.165) is 15.3 Å². The van der Waals surface area contributed by atoms with Crippen LogP contribution in [0.4, 0.5) is 0 Å². The number of likely N-dealkylation sites (N-methyl/N-ethyl adjacent to an activating group) is 1. The molecule has 2 heterocycles. The number of carbonyl (C=O) groups excluding carboxylic acids is 1. The molecule has 2 N–H and O–H groups in total. The van der Waals surface area contributed by atoms with Crippen LogP contribution in [0.15, 0.2) is 4.79 Å². The van der Waals surface area contributed by atoms with E-state index >= 15 is 0 Å². The maximum Gasteiger partial charge on any atom is 0.259 e. The van der Waals surface area contributed by atoms with Gasteiger partial charge in [-0.15, -0.1) is 11.3 Å². The summed E-state index contributed by atoms with van der Waals surface area (Å²) in [5.74, 6) is 0.578. The number of nitrogens with zero attached hydrogens (tertiary/aromatic N) is 2. The SMILES string of the molecule is Cc1sc2nc(CCC(=O)NCC(C)N(C)C3CC3)[nH]c(=O)c2c1C. The van der Waals surface area contributed by atoms with E-state index in [0.29, 0.717) is 42.7 Å². The van der Waals surface area contributed by atoms with Crippen LogP contribution in [0.5, 0.6) is 0 Å². The van der Waals surface area contributed by atoms with Gasteiger partial charge in [0.05, 0.1) is 5.39 Å². The van der Waals surface area contributed by atoms with E-state index in [-0.39, 0.29) is 11.5 Å². The highest BCUT2D eigenvalue weighted by atomic mass is 32.1. The Labute approximate surface area is 151 Å². The standard InChI is InChI=1S/C18H26N4O2S/c1-10(22(4)13-5-6-13)9-19-15(23)8-7-14-20-17(24)16-11(2)12(3)25-18(16)21-14/h10,13H,5-9H2,1-4H3,(H,19,23)(H,20,21,24). The summed E-state index contributed by atoms with van der Waals surface area (Å²) in [6.07, 6.45) is 3.30. The molecule has 0 aromatic carbocycles. The number of aromatic amines is 1. The third kappa shape index (κ3) is 4.10. The largest absolute Gasteiger partial charge is 0.355 e. The van der Waals surface area contributed by atoms with Crippen molar-refractivity contribution >= 4 is 27.5 Å². The molecule has 0 spiro atoms. The van der Waals surface area contributed by atoms with Gasteiger partial charge in [0, 0.05) is 36.3 Å². The molecule has 1 amide bonds. The molecule has 136 valence electrons. The van der Waals surface area contributed by atoms with E-state index in [1.165, 1.54) is 24.2 Å². The second kappa shape index (κ2) is 7.25. The fraction of sp³-hybridized carbons (Fsp3) is 0.611. The lowest BCUT2D eigenvalue weighted by Gasteiger charge is -2.24. The van der Waals surface area contributed by atoms with E-state index in [1.807, 2.05) is 13.8 Å². The summed E-state index contributed by atoms with van der Waals surface area (Å²) in [5, 5.41) is 3.66. The number of hydrogen-bond acceptors (Lipinski definition) is 5. The third-order valence-corrected chi connectivity index (χ3v) is 6.19. The minimum Gasteiger partial charge on any atom is -0.355 e. The molecule has 1 aliphatic carbocycles. The number of fused-ring (bicyclic) bond motifs is 1. The van der Waals surface area contributed by atoms with Gasteiger partial charge >= 0.3 is 0 Å². The monoisotopic (exact) mass is 362 g/mol. The van der Waals surface area contributed by atoms with Crippen molar-refractivity contribution in [2.24, 2.45) is 0 Å². The summed E-state index contributed by atoms with van der Waals surface area (Å²) in [4.78, 5) is 35.9. The lowest BCUT2D eigenvalue weighted by molar-refractivity contribution is -0.121. The van der Waals surface area contributed by atoms with Crippen LogP contribution < -0.4 is 10.9 Å². The molecule has 1 fully saturated rings. The molecule has 0 aliphatic heterocycles. The topological polar surface area (TPSA) is 78.1 Å². The van der Waals surface area contributed by atoms with Crippen molar-refractivity contribution in [2.75, 3.05) is 13.6 Å². The van der Waals surface area contributed by atoms with Gasteiger partial charge in [-0.05, 0) is 46.2 Å². The van der Waals surface area contributed by atoms with Gasteiger partial charge in [0.25, 0.3) is 5.56 Å². The van der Waals surface area contributed by atoms with Gasteiger partial charge in [-0.25, -0.2) is 4.98 Å². The fourth-order valence-corrected chi connectivity index (χ4v) is 4.03. The molecule has 0 radical (unpaired) electrons. The normalized spacial score (nSPS) is 15.7. The number of rotatable bonds is 7. The predicted molar refractivity (Wildman–Crippen MR) is 101 cm³/mol. The van der Waals surface area contributed by atoms with E-state index in [2.05, 4.69) is 34.2 Å². The molecule has 25 heavy (non-hydrogen) atoms. The first kappa shape index (κ1) is 18.1. The Morgan fingerprint density at radius 3 is 2.84 bits per heavy atom. The molecule has 1 atom stereocenters. The average Bonchev–Trinajstić information content (AvgIpc) is 3.37. The molecule has 1 saturated carbocycles. The maximum atomic E-state index is 12.2. The zero-order valence-electron chi connectivity index (χ0n) is 15.3. The Balaban J connectivity index is 1.55. The van der Waals surface area contributed by atoms with Crippen molar-refractivity contribution in [2.45, 2.75) is 58.5 Å². The van der Waals surface area contributed by atoms with E-state index in [9.17, 15) is 9.59 Å². The van der Waals surface area contributed by atoms with Gasteiger partial charge < -0.3 is 10.3 Å². The first-order chi connectivity index (χ1) is 11.9. The van der Waals surface area contributed by atoms with Crippen LogP contribution in [-0.2, 0) is 11.2 Å². The Hall–Kier alpha value is -1.73. The van der Waals surface area contributed by atoms with Gasteiger partial charge in [0.15, 0.2) is 0 Å². The van der Waals surface area contributed by atoms with E-state index in [1.54, 1.807) is 0 Å². The number of amides is 1. The zero-order chi connectivity index (χ0) is 18.1. The van der Waals surface area contributed by atoms with Crippen LogP contribution in [-0.4, -0.2) is 46.5 Å². The molecule has 1 unspecified atom stereocenters. The number of thiophene rings is 1. The van der Waals surface area contributed by atoms with Gasteiger partial charge in [0.1, 0.15) is 10.7 Å². The Morgan fingerprint density at radius 1 is 1.44 bits per heavy atom. The molecule has 2 aromatic heterocycles. The smallest absolute Gasteiger partial charge is 0.259 e. The van der Waals surface area contributed by atoms with Crippen molar-refractivity contribution in [3.8, 4) is 0 Å². The van der Waals surface area contributed by atoms with Crippen LogP contribution in [0.3, 0.4) is 0 Å². The Morgan fingerprint density at radius 2 is 2.16 bits per heavy atom.